The zero-order valence-corrected chi connectivity index (χ0v) is 25.7. The van der Waals surface area contributed by atoms with Gasteiger partial charge in [-0.2, -0.15) is 16.1 Å². The SMILES string of the molecule is CC1(C)SCCN(S(=O)(=O)c2ccc(Oc3ccncc3)cc2)[C@H]1C(=O)NO.Cc1cn([C@H]2C=C[C@@H](CO)O2)c(=O)[nH]c1=O. The summed E-state index contributed by atoms with van der Waals surface area (Å²) < 4.78 is 39.1. The van der Waals surface area contributed by atoms with Crippen LogP contribution in [-0.4, -0.2) is 79.3 Å². The van der Waals surface area contributed by atoms with Gasteiger partial charge in [0.05, 0.1) is 11.5 Å². The number of hydrogen-bond donors (Lipinski definition) is 4. The second-order valence-electron chi connectivity index (χ2n) is 10.3. The summed E-state index contributed by atoms with van der Waals surface area (Å²) in [6, 6.07) is 8.33. The second kappa shape index (κ2) is 13.9. The Morgan fingerprint density at radius 3 is 2.43 bits per heavy atom. The third-order valence-corrected chi connectivity index (χ3v) is 10.0. The Hall–Kier alpha value is -3.80. The Balaban J connectivity index is 0.000000233. The van der Waals surface area contributed by atoms with Crippen molar-refractivity contribution < 1.29 is 33.0 Å². The van der Waals surface area contributed by atoms with Gasteiger partial charge in [-0.3, -0.25) is 29.3 Å². The number of aromatic amines is 1. The summed E-state index contributed by atoms with van der Waals surface area (Å²) in [6.45, 7) is 5.21. The second-order valence-corrected chi connectivity index (χ2v) is 14.0. The summed E-state index contributed by atoms with van der Waals surface area (Å²) in [5.74, 6) is 0.854. The quantitative estimate of drug-likeness (QED) is 0.165. The van der Waals surface area contributed by atoms with E-state index in [1.165, 1.54) is 34.7 Å². The Morgan fingerprint density at radius 2 is 1.82 bits per heavy atom. The summed E-state index contributed by atoms with van der Waals surface area (Å²) >= 11 is 1.49. The van der Waals surface area contributed by atoms with Gasteiger partial charge in [-0.05, 0) is 63.2 Å². The molecule has 0 bridgehead atoms. The van der Waals surface area contributed by atoms with E-state index < -0.39 is 50.3 Å². The molecular weight excluding hydrogens is 614 g/mol. The average Bonchev–Trinajstić information content (AvgIpc) is 3.48. The van der Waals surface area contributed by atoms with Crippen LogP contribution in [0, 0.1) is 6.92 Å². The average molecular weight is 648 g/mol. The molecule has 0 unspecified atom stereocenters. The summed E-state index contributed by atoms with van der Waals surface area (Å²) in [5.41, 5.74) is 1.11. The number of hydrogen-bond acceptors (Lipinski definition) is 11. The molecule has 1 aromatic carbocycles. The largest absolute Gasteiger partial charge is 0.457 e. The summed E-state index contributed by atoms with van der Waals surface area (Å²) in [7, 11) is -3.94. The first kappa shape index (κ1) is 33.1. The van der Waals surface area contributed by atoms with Crippen LogP contribution < -0.4 is 21.5 Å². The molecule has 5 rings (SSSR count). The number of nitrogens with one attached hydrogen (secondary N) is 2. The normalized spacial score (nSPS) is 21.2. The fraction of sp³-hybridized carbons (Fsp3) is 0.357. The van der Waals surface area contributed by atoms with Crippen molar-refractivity contribution >= 4 is 27.7 Å². The number of aryl methyl sites for hydroxylation is 1. The molecule has 4 heterocycles. The minimum absolute atomic E-state index is 0.0491. The molecule has 14 nitrogen and oxygen atoms in total. The van der Waals surface area contributed by atoms with E-state index in [1.54, 1.807) is 75.1 Å². The first-order valence-corrected chi connectivity index (χ1v) is 15.8. The molecule has 44 heavy (non-hydrogen) atoms. The van der Waals surface area contributed by atoms with E-state index in [-0.39, 0.29) is 18.0 Å². The molecule has 1 fully saturated rings. The van der Waals surface area contributed by atoms with Crippen molar-refractivity contribution in [1.82, 2.24) is 24.3 Å². The topological polar surface area (TPSA) is 193 Å². The lowest BCUT2D eigenvalue weighted by molar-refractivity contribution is -0.134. The number of aromatic nitrogens is 3. The van der Waals surface area contributed by atoms with Crippen molar-refractivity contribution in [3.63, 3.8) is 0 Å². The number of amides is 1. The number of pyridine rings is 1. The van der Waals surface area contributed by atoms with Crippen LogP contribution in [0.5, 0.6) is 11.5 Å². The van der Waals surface area contributed by atoms with Crippen LogP contribution in [0.4, 0.5) is 0 Å². The Kier molecular flexibility index (Phi) is 10.4. The van der Waals surface area contributed by atoms with E-state index in [1.807, 2.05) is 0 Å². The van der Waals surface area contributed by atoms with Gasteiger partial charge in [0.2, 0.25) is 10.0 Å². The van der Waals surface area contributed by atoms with Gasteiger partial charge in [-0.25, -0.2) is 18.7 Å². The van der Waals surface area contributed by atoms with E-state index in [9.17, 15) is 22.8 Å². The summed E-state index contributed by atoms with van der Waals surface area (Å²) in [4.78, 5) is 41.0. The molecule has 3 aromatic rings. The first-order chi connectivity index (χ1) is 20.9. The van der Waals surface area contributed by atoms with E-state index in [2.05, 4.69) is 9.97 Å². The zero-order valence-electron chi connectivity index (χ0n) is 24.1. The van der Waals surface area contributed by atoms with Crippen molar-refractivity contribution in [3.8, 4) is 11.5 Å². The number of nitrogens with zero attached hydrogens (tertiary/aromatic N) is 3. The minimum atomic E-state index is -3.94. The predicted molar refractivity (Wildman–Crippen MR) is 161 cm³/mol. The molecule has 0 radical (unpaired) electrons. The molecule has 1 amide bonds. The molecule has 0 saturated carbocycles. The lowest BCUT2D eigenvalue weighted by atomic mass is 10.0. The van der Waals surface area contributed by atoms with Crippen LogP contribution >= 0.6 is 11.8 Å². The molecule has 2 aliphatic rings. The van der Waals surface area contributed by atoms with Gasteiger partial charge in [-0.15, -0.1) is 0 Å². The number of ether oxygens (including phenoxy) is 2. The fourth-order valence-corrected chi connectivity index (χ4v) is 7.71. The third-order valence-electron chi connectivity index (χ3n) is 6.81. The molecule has 4 N–H and O–H groups in total. The van der Waals surface area contributed by atoms with Crippen LogP contribution in [0.25, 0.3) is 0 Å². The molecule has 1 saturated heterocycles. The van der Waals surface area contributed by atoms with E-state index in [0.29, 0.717) is 22.8 Å². The first-order valence-electron chi connectivity index (χ1n) is 13.4. The van der Waals surface area contributed by atoms with Crippen LogP contribution in [0.1, 0.15) is 25.6 Å². The molecular formula is C28H33N5O9S2. The van der Waals surface area contributed by atoms with Crippen molar-refractivity contribution in [2.75, 3.05) is 18.9 Å². The highest BCUT2D eigenvalue weighted by molar-refractivity contribution is 8.01. The van der Waals surface area contributed by atoms with Crippen LogP contribution in [0.2, 0.25) is 0 Å². The maximum atomic E-state index is 13.2. The number of carbonyl (C=O) groups is 1. The van der Waals surface area contributed by atoms with Gasteiger partial charge in [0.25, 0.3) is 11.5 Å². The Bertz CT molecular complexity index is 1710. The Labute approximate surface area is 257 Å². The minimum Gasteiger partial charge on any atom is -0.457 e. The number of H-pyrrole nitrogens is 1. The standard InChI is InChI=1S/C18H21N3O5S2.C10H12N2O4/c1-18(2)16(17(22)20-23)21(11-12-27-18)28(24,25)15-5-3-13(4-6-15)26-14-7-9-19-10-8-14;1-6-4-12(10(15)11-9(6)14)8-3-2-7(5-13)16-8/h3-10,16,23H,11-12H2,1-2H3,(H,20,22);2-4,7-8,13H,5H2,1H3,(H,11,14,15)/t16-;7-,8+/m00/s1. The van der Waals surface area contributed by atoms with Gasteiger partial charge in [0.1, 0.15) is 23.6 Å². The van der Waals surface area contributed by atoms with Gasteiger partial charge in [0.15, 0.2) is 6.23 Å². The van der Waals surface area contributed by atoms with Gasteiger partial charge in [0, 0.05) is 41.2 Å². The monoisotopic (exact) mass is 647 g/mol. The van der Waals surface area contributed by atoms with E-state index in [4.69, 9.17) is 19.8 Å². The van der Waals surface area contributed by atoms with Crippen LogP contribution in [0.3, 0.4) is 0 Å². The molecule has 2 aromatic heterocycles. The van der Waals surface area contributed by atoms with E-state index in [0.717, 1.165) is 4.31 Å². The van der Waals surface area contributed by atoms with E-state index >= 15 is 0 Å². The molecule has 236 valence electrons. The van der Waals surface area contributed by atoms with Crippen molar-refractivity contribution in [3.05, 3.63) is 93.5 Å². The maximum absolute atomic E-state index is 13.2. The molecule has 3 atom stereocenters. The highest BCUT2D eigenvalue weighted by Gasteiger charge is 2.48. The number of aliphatic hydroxyl groups excluding tert-OH is 1. The molecule has 16 heteroatoms. The van der Waals surface area contributed by atoms with Crippen molar-refractivity contribution in [2.45, 2.75) is 48.8 Å². The van der Waals surface area contributed by atoms with Crippen LogP contribution in [0.15, 0.2) is 81.6 Å². The Morgan fingerprint density at radius 1 is 1.16 bits per heavy atom. The smallest absolute Gasteiger partial charge is 0.330 e. The summed E-state index contributed by atoms with van der Waals surface area (Å²) in [6.07, 6.45) is 7.00. The third kappa shape index (κ3) is 7.46. The lowest BCUT2D eigenvalue weighted by Crippen LogP contribution is -2.61. The number of rotatable bonds is 7. The predicted octanol–water partition coefficient (Wildman–Crippen LogP) is 1.55. The molecule has 0 spiro atoms. The molecule has 2 aliphatic heterocycles. The zero-order chi connectivity index (χ0) is 32.1. The maximum Gasteiger partial charge on any atom is 0.330 e. The number of thioether (sulfide) groups is 1. The number of benzene rings is 1. The van der Waals surface area contributed by atoms with Gasteiger partial charge < -0.3 is 14.6 Å². The number of carbonyl (C=O) groups excluding carboxylic acids is 1. The number of aliphatic hydroxyl groups is 1. The summed E-state index contributed by atoms with van der Waals surface area (Å²) in [5, 5.41) is 18.0. The highest BCUT2D eigenvalue weighted by Crippen LogP contribution is 2.38. The number of sulfonamides is 1. The van der Waals surface area contributed by atoms with Gasteiger partial charge in [-0.1, -0.05) is 6.08 Å². The van der Waals surface area contributed by atoms with Crippen molar-refractivity contribution in [1.29, 1.82) is 0 Å². The highest BCUT2D eigenvalue weighted by atomic mass is 32.2. The van der Waals surface area contributed by atoms with Gasteiger partial charge >= 0.3 is 5.69 Å². The van der Waals surface area contributed by atoms with Crippen LogP contribution in [-0.2, 0) is 19.6 Å². The lowest BCUT2D eigenvalue weighted by Gasteiger charge is -2.43. The number of hydroxylamine groups is 1. The fourth-order valence-electron chi connectivity index (χ4n) is 4.60. The van der Waals surface area contributed by atoms with Crippen molar-refractivity contribution in [2.24, 2.45) is 0 Å². The molecule has 0 aliphatic carbocycles.